The number of carbonyl (C=O) groups is 1. The molecule has 0 aromatic rings. The van der Waals surface area contributed by atoms with Gasteiger partial charge in [-0.2, -0.15) is 0 Å². The van der Waals surface area contributed by atoms with Crippen LogP contribution in [0.5, 0.6) is 0 Å². The Hall–Kier alpha value is -0.640. The standard InChI is InChI=1S/C8H14O3S/c1-5(2)8(9)11-6(3)10-7(4)12/h5-6H,1-4H3/t6-/m1/s1. The zero-order valence-corrected chi connectivity index (χ0v) is 8.60. The topological polar surface area (TPSA) is 35.5 Å². The van der Waals surface area contributed by atoms with Gasteiger partial charge in [0.25, 0.3) is 0 Å². The maximum atomic E-state index is 11.0. The lowest BCUT2D eigenvalue weighted by Crippen LogP contribution is -2.22. The van der Waals surface area contributed by atoms with Crippen molar-refractivity contribution in [2.24, 2.45) is 5.92 Å². The molecule has 1 atom stereocenters. The Morgan fingerprint density at radius 1 is 1.25 bits per heavy atom. The van der Waals surface area contributed by atoms with Crippen molar-refractivity contribution in [3.05, 3.63) is 0 Å². The van der Waals surface area contributed by atoms with Crippen LogP contribution in [-0.4, -0.2) is 17.3 Å². The molecule has 0 saturated carbocycles. The van der Waals surface area contributed by atoms with Gasteiger partial charge in [-0.25, -0.2) is 0 Å². The van der Waals surface area contributed by atoms with Crippen molar-refractivity contribution in [3.63, 3.8) is 0 Å². The van der Waals surface area contributed by atoms with Gasteiger partial charge in [-0.3, -0.25) is 4.79 Å². The lowest BCUT2D eigenvalue weighted by atomic mass is 10.2. The van der Waals surface area contributed by atoms with E-state index in [2.05, 4.69) is 12.2 Å². The first kappa shape index (κ1) is 11.4. The molecule has 12 heavy (non-hydrogen) atoms. The fourth-order valence-electron chi connectivity index (χ4n) is 0.557. The highest BCUT2D eigenvalue weighted by Gasteiger charge is 2.13. The van der Waals surface area contributed by atoms with E-state index in [0.29, 0.717) is 5.05 Å². The Morgan fingerprint density at radius 2 is 1.75 bits per heavy atom. The van der Waals surface area contributed by atoms with Gasteiger partial charge in [0, 0.05) is 13.8 Å². The van der Waals surface area contributed by atoms with Crippen LogP contribution in [0.3, 0.4) is 0 Å². The van der Waals surface area contributed by atoms with Gasteiger partial charge in [0.1, 0.15) is 0 Å². The number of hydrogen-bond acceptors (Lipinski definition) is 4. The summed E-state index contributed by atoms with van der Waals surface area (Å²) in [6.07, 6.45) is -0.586. The molecule has 0 aromatic carbocycles. The van der Waals surface area contributed by atoms with Crippen LogP contribution >= 0.6 is 12.2 Å². The van der Waals surface area contributed by atoms with E-state index >= 15 is 0 Å². The smallest absolute Gasteiger partial charge is 0.311 e. The number of rotatable bonds is 3. The highest BCUT2D eigenvalue weighted by atomic mass is 32.1. The molecule has 70 valence electrons. The average Bonchev–Trinajstić information content (AvgIpc) is 1.84. The Kier molecular flexibility index (Phi) is 4.81. The molecule has 0 bridgehead atoms. The molecular weight excluding hydrogens is 176 g/mol. The van der Waals surface area contributed by atoms with Crippen molar-refractivity contribution in [3.8, 4) is 0 Å². The van der Waals surface area contributed by atoms with Crippen LogP contribution in [0.4, 0.5) is 0 Å². The second-order valence-electron chi connectivity index (χ2n) is 2.77. The summed E-state index contributed by atoms with van der Waals surface area (Å²) in [6, 6.07) is 0. The molecule has 0 amide bonds. The van der Waals surface area contributed by atoms with Crippen molar-refractivity contribution < 1.29 is 14.3 Å². The number of esters is 1. The minimum atomic E-state index is -0.586. The molecule has 0 heterocycles. The lowest BCUT2D eigenvalue weighted by Gasteiger charge is -2.15. The molecule has 0 N–H and O–H groups in total. The largest absolute Gasteiger partial charge is 0.449 e. The molecule has 0 saturated heterocycles. The Bertz CT molecular complexity index is 177. The van der Waals surface area contributed by atoms with Crippen molar-refractivity contribution in [2.75, 3.05) is 0 Å². The van der Waals surface area contributed by atoms with Crippen LogP contribution < -0.4 is 0 Å². The van der Waals surface area contributed by atoms with Gasteiger partial charge in [-0.1, -0.05) is 13.8 Å². The van der Waals surface area contributed by atoms with E-state index in [1.807, 2.05) is 0 Å². The molecule has 0 rings (SSSR count). The third-order valence-corrected chi connectivity index (χ3v) is 1.18. The van der Waals surface area contributed by atoms with Crippen molar-refractivity contribution in [1.82, 2.24) is 0 Å². The van der Waals surface area contributed by atoms with E-state index in [1.54, 1.807) is 27.7 Å². The Morgan fingerprint density at radius 3 is 2.08 bits per heavy atom. The summed E-state index contributed by atoms with van der Waals surface area (Å²) in [5.74, 6) is -0.416. The predicted molar refractivity (Wildman–Crippen MR) is 49.7 cm³/mol. The minimum Gasteiger partial charge on any atom is -0.449 e. The van der Waals surface area contributed by atoms with Crippen molar-refractivity contribution >= 4 is 23.2 Å². The van der Waals surface area contributed by atoms with Crippen LogP contribution in [0, 0.1) is 5.92 Å². The van der Waals surface area contributed by atoms with Crippen LogP contribution in [0.1, 0.15) is 27.7 Å². The Balaban J connectivity index is 3.76. The van der Waals surface area contributed by atoms with Crippen molar-refractivity contribution in [2.45, 2.75) is 34.0 Å². The second kappa shape index (κ2) is 5.09. The molecule has 3 nitrogen and oxygen atoms in total. The van der Waals surface area contributed by atoms with E-state index < -0.39 is 6.29 Å². The zero-order chi connectivity index (χ0) is 9.72. The summed E-state index contributed by atoms with van der Waals surface area (Å²) < 4.78 is 9.83. The van der Waals surface area contributed by atoms with Gasteiger partial charge >= 0.3 is 5.97 Å². The summed E-state index contributed by atoms with van der Waals surface area (Å²) in [5, 5.41) is 0.374. The fraction of sp³-hybridized carbons (Fsp3) is 0.750. The fourth-order valence-corrected chi connectivity index (χ4v) is 0.693. The number of thiocarbonyl (C=S) groups is 1. The van der Waals surface area contributed by atoms with Gasteiger partial charge in [-0.15, -0.1) is 0 Å². The highest BCUT2D eigenvalue weighted by molar-refractivity contribution is 7.80. The molecule has 0 aromatic heterocycles. The van der Waals surface area contributed by atoms with Crippen molar-refractivity contribution in [1.29, 1.82) is 0 Å². The molecule has 0 aliphatic heterocycles. The molecular formula is C8H14O3S. The van der Waals surface area contributed by atoms with Crippen LogP contribution in [-0.2, 0) is 14.3 Å². The first-order valence-corrected chi connectivity index (χ1v) is 4.22. The lowest BCUT2D eigenvalue weighted by molar-refractivity contribution is -0.166. The monoisotopic (exact) mass is 190 g/mol. The van der Waals surface area contributed by atoms with Crippen LogP contribution in [0.2, 0.25) is 0 Å². The quantitative estimate of drug-likeness (QED) is 0.387. The molecule has 0 unspecified atom stereocenters. The first-order valence-electron chi connectivity index (χ1n) is 3.81. The van der Waals surface area contributed by atoms with E-state index in [9.17, 15) is 4.79 Å². The summed E-state index contributed by atoms with van der Waals surface area (Å²) >= 11 is 4.68. The van der Waals surface area contributed by atoms with Gasteiger partial charge in [0.05, 0.1) is 5.92 Å². The van der Waals surface area contributed by atoms with Gasteiger partial charge < -0.3 is 9.47 Å². The summed E-state index contributed by atoms with van der Waals surface area (Å²) in [4.78, 5) is 11.0. The van der Waals surface area contributed by atoms with Crippen LogP contribution in [0.25, 0.3) is 0 Å². The van der Waals surface area contributed by atoms with E-state index in [0.717, 1.165) is 0 Å². The molecule has 0 aliphatic rings. The normalized spacial score (nSPS) is 12.4. The number of ether oxygens (including phenoxy) is 2. The minimum absolute atomic E-state index is 0.138. The maximum Gasteiger partial charge on any atom is 0.311 e. The van der Waals surface area contributed by atoms with Gasteiger partial charge in [0.2, 0.25) is 6.29 Å². The molecule has 0 aliphatic carbocycles. The summed E-state index contributed by atoms with van der Waals surface area (Å²) in [6.45, 7) is 6.80. The summed E-state index contributed by atoms with van der Waals surface area (Å²) in [5.41, 5.74) is 0. The third-order valence-electron chi connectivity index (χ3n) is 1.09. The third kappa shape index (κ3) is 5.07. The SMILES string of the molecule is CC(=S)O[C@@H](C)OC(=O)C(C)C. The van der Waals surface area contributed by atoms with Gasteiger partial charge in [-0.05, 0) is 12.2 Å². The van der Waals surface area contributed by atoms with E-state index in [1.165, 1.54) is 0 Å². The Labute approximate surface area is 78.0 Å². The van der Waals surface area contributed by atoms with Gasteiger partial charge in [0.15, 0.2) is 5.05 Å². The second-order valence-corrected chi connectivity index (χ2v) is 3.34. The molecule has 0 spiro atoms. The maximum absolute atomic E-state index is 11.0. The van der Waals surface area contributed by atoms with E-state index in [4.69, 9.17) is 9.47 Å². The average molecular weight is 190 g/mol. The predicted octanol–water partition coefficient (Wildman–Crippen LogP) is 1.90. The van der Waals surface area contributed by atoms with Crippen LogP contribution in [0.15, 0.2) is 0 Å². The summed E-state index contributed by atoms with van der Waals surface area (Å²) in [7, 11) is 0. The molecule has 0 fully saturated rings. The first-order chi connectivity index (χ1) is 5.43. The zero-order valence-electron chi connectivity index (χ0n) is 7.79. The number of carbonyl (C=O) groups excluding carboxylic acids is 1. The highest BCUT2D eigenvalue weighted by Crippen LogP contribution is 2.02. The van der Waals surface area contributed by atoms with E-state index in [-0.39, 0.29) is 11.9 Å². The number of hydrogen-bond donors (Lipinski definition) is 0. The molecule has 4 heteroatoms. The molecule has 0 radical (unpaired) electrons.